The standard InChI is InChI=1S/C26H35N/c1-3-26(25-19-11-6-12-20-25,21-13-18-23-14-7-4-8-15-23)27(2)22-24-16-9-5-10-17-24/h4,6-8,11-15,18-20,24H,3,5,9-10,16-17,21-22H2,1-2H3. The van der Waals surface area contributed by atoms with Crippen molar-refractivity contribution in [1.29, 1.82) is 0 Å². The molecule has 1 heteroatoms. The highest BCUT2D eigenvalue weighted by atomic mass is 15.2. The van der Waals surface area contributed by atoms with Gasteiger partial charge in [0.25, 0.3) is 0 Å². The summed E-state index contributed by atoms with van der Waals surface area (Å²) >= 11 is 0. The van der Waals surface area contributed by atoms with Crippen LogP contribution in [-0.2, 0) is 5.54 Å². The first-order valence-corrected chi connectivity index (χ1v) is 10.7. The third-order valence-electron chi connectivity index (χ3n) is 6.45. The van der Waals surface area contributed by atoms with E-state index < -0.39 is 0 Å². The van der Waals surface area contributed by atoms with Gasteiger partial charge in [-0.15, -0.1) is 0 Å². The minimum Gasteiger partial charge on any atom is -0.296 e. The lowest BCUT2D eigenvalue weighted by molar-refractivity contribution is 0.0848. The zero-order valence-corrected chi connectivity index (χ0v) is 17.1. The third-order valence-corrected chi connectivity index (χ3v) is 6.45. The average molecular weight is 362 g/mol. The highest BCUT2D eigenvalue weighted by Gasteiger charge is 2.34. The predicted octanol–water partition coefficient (Wildman–Crippen LogP) is 6.91. The van der Waals surface area contributed by atoms with Crippen LogP contribution >= 0.6 is 0 Å². The van der Waals surface area contributed by atoms with Crippen molar-refractivity contribution in [2.75, 3.05) is 13.6 Å². The van der Waals surface area contributed by atoms with Crippen molar-refractivity contribution in [2.45, 2.75) is 57.4 Å². The molecule has 0 radical (unpaired) electrons. The molecule has 0 heterocycles. The lowest BCUT2D eigenvalue weighted by Gasteiger charge is -2.44. The lowest BCUT2D eigenvalue weighted by atomic mass is 9.80. The number of nitrogens with zero attached hydrogens (tertiary/aromatic N) is 1. The van der Waals surface area contributed by atoms with Crippen LogP contribution in [0.25, 0.3) is 6.08 Å². The van der Waals surface area contributed by atoms with Gasteiger partial charge in [-0.05, 0) is 49.8 Å². The minimum absolute atomic E-state index is 0.0734. The van der Waals surface area contributed by atoms with Crippen molar-refractivity contribution in [3.8, 4) is 0 Å². The predicted molar refractivity (Wildman–Crippen MR) is 118 cm³/mol. The molecule has 0 saturated heterocycles. The number of hydrogen-bond donors (Lipinski definition) is 0. The SMILES string of the molecule is CCC(CC=Cc1ccccc1)(c1ccccc1)N(C)CC1CCCCC1. The van der Waals surface area contributed by atoms with Crippen molar-refractivity contribution in [3.05, 3.63) is 77.9 Å². The molecule has 1 aliphatic rings. The zero-order chi connectivity index (χ0) is 19.0. The summed E-state index contributed by atoms with van der Waals surface area (Å²) in [7, 11) is 2.35. The first-order chi connectivity index (χ1) is 13.2. The molecule has 1 fully saturated rings. The molecule has 2 aromatic rings. The summed E-state index contributed by atoms with van der Waals surface area (Å²) in [6.45, 7) is 3.56. The molecule has 1 unspecified atom stereocenters. The van der Waals surface area contributed by atoms with Gasteiger partial charge in [0.1, 0.15) is 0 Å². The summed E-state index contributed by atoms with van der Waals surface area (Å²) in [5, 5.41) is 0. The van der Waals surface area contributed by atoms with Crippen LogP contribution in [0.1, 0.15) is 63.0 Å². The number of benzene rings is 2. The van der Waals surface area contributed by atoms with Gasteiger partial charge in [0, 0.05) is 12.1 Å². The van der Waals surface area contributed by atoms with E-state index >= 15 is 0 Å². The molecule has 1 aliphatic carbocycles. The van der Waals surface area contributed by atoms with E-state index in [1.165, 1.54) is 49.8 Å². The van der Waals surface area contributed by atoms with Gasteiger partial charge >= 0.3 is 0 Å². The largest absolute Gasteiger partial charge is 0.296 e. The molecule has 0 amide bonds. The fourth-order valence-electron chi connectivity index (χ4n) is 4.75. The van der Waals surface area contributed by atoms with Crippen molar-refractivity contribution >= 4 is 6.08 Å². The Hall–Kier alpha value is -1.86. The van der Waals surface area contributed by atoms with Gasteiger partial charge in [0.05, 0.1) is 0 Å². The molecule has 0 aromatic heterocycles. The molecule has 3 rings (SSSR count). The fraction of sp³-hybridized carbons (Fsp3) is 0.462. The van der Waals surface area contributed by atoms with Gasteiger partial charge in [0.2, 0.25) is 0 Å². The van der Waals surface area contributed by atoms with Crippen LogP contribution in [0.2, 0.25) is 0 Å². The van der Waals surface area contributed by atoms with E-state index in [0.29, 0.717) is 0 Å². The van der Waals surface area contributed by atoms with Crippen LogP contribution in [0.3, 0.4) is 0 Å². The smallest absolute Gasteiger partial charge is 0.0489 e. The molecule has 144 valence electrons. The van der Waals surface area contributed by atoms with Crippen LogP contribution in [0.15, 0.2) is 66.7 Å². The maximum atomic E-state index is 2.66. The van der Waals surface area contributed by atoms with E-state index in [2.05, 4.69) is 91.7 Å². The first-order valence-electron chi connectivity index (χ1n) is 10.7. The average Bonchev–Trinajstić information content (AvgIpc) is 2.73. The molecular weight excluding hydrogens is 326 g/mol. The molecular formula is C26H35N. The van der Waals surface area contributed by atoms with E-state index in [9.17, 15) is 0 Å². The molecule has 1 nitrogen and oxygen atoms in total. The Morgan fingerprint density at radius 3 is 2.19 bits per heavy atom. The van der Waals surface area contributed by atoms with Crippen LogP contribution in [0, 0.1) is 5.92 Å². The van der Waals surface area contributed by atoms with Crippen molar-refractivity contribution in [1.82, 2.24) is 4.90 Å². The van der Waals surface area contributed by atoms with E-state index in [0.717, 1.165) is 18.8 Å². The van der Waals surface area contributed by atoms with Crippen molar-refractivity contribution in [3.63, 3.8) is 0 Å². The second-order valence-electron chi connectivity index (χ2n) is 8.15. The molecule has 1 saturated carbocycles. The van der Waals surface area contributed by atoms with Gasteiger partial charge in [0.15, 0.2) is 0 Å². The summed E-state index contributed by atoms with van der Waals surface area (Å²) in [4.78, 5) is 2.66. The van der Waals surface area contributed by atoms with Crippen LogP contribution in [0.5, 0.6) is 0 Å². The van der Waals surface area contributed by atoms with Crippen LogP contribution in [-0.4, -0.2) is 18.5 Å². The van der Waals surface area contributed by atoms with Crippen molar-refractivity contribution < 1.29 is 0 Å². The fourth-order valence-corrected chi connectivity index (χ4v) is 4.75. The molecule has 0 aliphatic heterocycles. The summed E-state index contributed by atoms with van der Waals surface area (Å²) in [6, 6.07) is 21.8. The number of rotatable bonds is 8. The summed E-state index contributed by atoms with van der Waals surface area (Å²) < 4.78 is 0. The number of hydrogen-bond acceptors (Lipinski definition) is 1. The molecule has 0 bridgehead atoms. The normalized spacial score (nSPS) is 18.0. The quantitative estimate of drug-likeness (QED) is 0.494. The second kappa shape index (κ2) is 9.90. The Labute approximate surface area is 166 Å². The summed E-state index contributed by atoms with van der Waals surface area (Å²) in [5.74, 6) is 0.858. The highest BCUT2D eigenvalue weighted by Crippen LogP contribution is 2.37. The van der Waals surface area contributed by atoms with Gasteiger partial charge in [-0.25, -0.2) is 0 Å². The third kappa shape index (κ3) is 5.11. The Kier molecular flexibility index (Phi) is 7.29. The summed E-state index contributed by atoms with van der Waals surface area (Å²) in [5.41, 5.74) is 2.80. The van der Waals surface area contributed by atoms with Gasteiger partial charge < -0.3 is 0 Å². The van der Waals surface area contributed by atoms with E-state index in [1.54, 1.807) is 0 Å². The zero-order valence-electron chi connectivity index (χ0n) is 17.1. The van der Waals surface area contributed by atoms with Crippen LogP contribution < -0.4 is 0 Å². The van der Waals surface area contributed by atoms with Crippen LogP contribution in [0.4, 0.5) is 0 Å². The van der Waals surface area contributed by atoms with E-state index in [1.807, 2.05) is 0 Å². The molecule has 1 atom stereocenters. The maximum Gasteiger partial charge on any atom is 0.0489 e. The Bertz CT molecular complexity index is 685. The van der Waals surface area contributed by atoms with E-state index in [4.69, 9.17) is 0 Å². The lowest BCUT2D eigenvalue weighted by Crippen LogP contribution is -2.45. The monoisotopic (exact) mass is 361 g/mol. The van der Waals surface area contributed by atoms with Crippen molar-refractivity contribution in [2.24, 2.45) is 5.92 Å². The Morgan fingerprint density at radius 2 is 1.56 bits per heavy atom. The second-order valence-corrected chi connectivity index (χ2v) is 8.15. The molecule has 0 N–H and O–H groups in total. The van der Waals surface area contributed by atoms with E-state index in [-0.39, 0.29) is 5.54 Å². The highest BCUT2D eigenvalue weighted by molar-refractivity contribution is 5.49. The Morgan fingerprint density at radius 1 is 0.926 bits per heavy atom. The minimum atomic E-state index is 0.0734. The molecule has 2 aromatic carbocycles. The topological polar surface area (TPSA) is 3.24 Å². The van der Waals surface area contributed by atoms with Gasteiger partial charge in [-0.3, -0.25) is 4.90 Å². The first kappa shape index (κ1) is 19.9. The molecule has 0 spiro atoms. The van der Waals surface area contributed by atoms with Gasteiger partial charge in [-0.2, -0.15) is 0 Å². The van der Waals surface area contributed by atoms with Gasteiger partial charge in [-0.1, -0.05) is 99.0 Å². The Balaban J connectivity index is 1.82. The summed E-state index contributed by atoms with van der Waals surface area (Å²) in [6.07, 6.45) is 13.9. The molecule has 27 heavy (non-hydrogen) atoms. The maximum absolute atomic E-state index is 2.66.